The Hall–Kier alpha value is -4.52. The van der Waals surface area contributed by atoms with Crippen LogP contribution in [0.4, 0.5) is 0 Å². The SMILES string of the molecule is CC[N+](CC)(CC)CCSc1cccc2c1-c1nc-2nc2[nH]c(nc3nc(nc4[nH]c(n1)c1cccc(SCC[N+](CC)(CC)CC)c41)-c1cccc(SCC[N+](CC)(CC)CC)c1-3)c1cccc(SCC[N+](CC)(CC)CC)c21. The van der Waals surface area contributed by atoms with Crippen LogP contribution in [0.3, 0.4) is 0 Å². The number of thioether (sulfide) groups is 4. The number of nitrogens with zero attached hydrogens (tertiary/aromatic N) is 10. The molecule has 0 amide bonds. The monoisotopic (exact) mass is 1150 g/mol. The topological polar surface area (TPSA) is 109 Å². The number of rotatable bonds is 28. The zero-order valence-electron chi connectivity index (χ0n) is 50.2. The number of nitrogens with one attached hydrogen (secondary N) is 2. The Balaban J connectivity index is 1.33. The normalized spacial score (nSPS) is 12.9. The highest BCUT2D eigenvalue weighted by Crippen LogP contribution is 2.45. The molecule has 2 N–H and O–H groups in total. The Bertz CT molecular complexity index is 3190. The summed E-state index contributed by atoms with van der Waals surface area (Å²) in [5.41, 5.74) is 6.95. The summed E-state index contributed by atoms with van der Waals surface area (Å²) >= 11 is 7.66. The van der Waals surface area contributed by atoms with E-state index in [1.807, 2.05) is 47.0 Å². The zero-order chi connectivity index (χ0) is 56.7. The lowest BCUT2D eigenvalue weighted by molar-refractivity contribution is -0.920. The van der Waals surface area contributed by atoms with E-state index in [1.165, 1.54) is 19.6 Å². The molecule has 12 nitrogen and oxygen atoms in total. The lowest BCUT2D eigenvalue weighted by atomic mass is 10.1. The molecule has 0 spiro atoms. The van der Waals surface area contributed by atoms with Crippen molar-refractivity contribution in [3.63, 3.8) is 0 Å². The fraction of sp³-hybridized carbons (Fsp3) is 0.500. The third-order valence-corrected chi connectivity index (χ3v) is 23.3. The molecular formula is C64H90N12S4+4. The highest BCUT2D eigenvalue weighted by molar-refractivity contribution is 8.00. The lowest BCUT2D eigenvalue weighted by Crippen LogP contribution is -2.48. The summed E-state index contributed by atoms with van der Waals surface area (Å²) in [5, 5.41) is 4.12. The van der Waals surface area contributed by atoms with Crippen molar-refractivity contribution in [2.45, 2.75) is 103 Å². The van der Waals surface area contributed by atoms with E-state index < -0.39 is 0 Å². The van der Waals surface area contributed by atoms with Crippen molar-refractivity contribution in [1.29, 1.82) is 0 Å². The number of fused-ring (bicyclic) bond motifs is 20. The van der Waals surface area contributed by atoms with Gasteiger partial charge in [-0.25, -0.2) is 29.9 Å². The number of aromatic nitrogens is 8. The van der Waals surface area contributed by atoms with E-state index >= 15 is 0 Å². The van der Waals surface area contributed by atoms with Crippen molar-refractivity contribution < 1.29 is 17.9 Å². The molecule has 0 aliphatic carbocycles. The standard InChI is InChI=1S/C64H90N12S4/c1-13-73(14-2,15-3)37-41-77-49-33-25-29-45-53(49)61-65-57(45)70-62-55-47(31-27-35-51(55)79-43-39-75(19-7,20-8)21-9)59(67-62)72-64-56-48(32-28-36-52(56)80-44-40-76(22-10,23-11)24-12)60(68-64)71-63-54-46(58(66-63)69-61)30-26-34-50(54)78-42-38-74(16-4,17-5)18-6/h25-36H,13-24,37-44H2,1-12H3,(H2,65,66,67,68,69,70,71,72)/q+4. The Morgan fingerprint density at radius 3 is 0.900 bits per heavy atom. The van der Waals surface area contributed by atoms with Gasteiger partial charge >= 0.3 is 0 Å². The van der Waals surface area contributed by atoms with Gasteiger partial charge in [-0.1, -0.05) is 48.5 Å². The third kappa shape index (κ3) is 12.0. The Morgan fingerprint density at radius 2 is 0.588 bits per heavy atom. The first kappa shape index (κ1) is 60.1. The number of aromatic amines is 2. The second-order valence-corrected chi connectivity index (χ2v) is 26.3. The van der Waals surface area contributed by atoms with Crippen molar-refractivity contribution in [3.05, 3.63) is 72.8 Å². The Kier molecular flexibility index (Phi) is 19.8. The first-order valence-corrected chi connectivity index (χ1v) is 34.1. The Morgan fingerprint density at radius 1 is 0.312 bits per heavy atom. The van der Waals surface area contributed by atoms with Crippen LogP contribution in [-0.2, 0) is 0 Å². The summed E-state index contributed by atoms with van der Waals surface area (Å²) in [7, 11) is 0. The van der Waals surface area contributed by atoms with Crippen LogP contribution in [0.5, 0.6) is 0 Å². The maximum atomic E-state index is 5.64. The van der Waals surface area contributed by atoms with Gasteiger partial charge in [-0.05, 0) is 107 Å². The van der Waals surface area contributed by atoms with Crippen LogP contribution in [0.15, 0.2) is 92.4 Å². The van der Waals surface area contributed by atoms with Crippen molar-refractivity contribution in [3.8, 4) is 45.6 Å². The molecule has 5 heterocycles. The third-order valence-electron chi connectivity index (χ3n) is 19.1. The van der Waals surface area contributed by atoms with Crippen LogP contribution in [0.2, 0.25) is 0 Å². The van der Waals surface area contributed by atoms with Gasteiger partial charge in [0.2, 0.25) is 0 Å². The second kappa shape index (κ2) is 26.4. The molecule has 0 radical (unpaired) electrons. The fourth-order valence-corrected chi connectivity index (χ4v) is 17.2. The number of hydrogen-bond donors (Lipinski definition) is 2. The quantitative estimate of drug-likeness (QED) is 0.0363. The molecule has 4 aromatic carbocycles. The average molecular weight is 1160 g/mol. The van der Waals surface area contributed by atoms with Gasteiger partial charge in [0.15, 0.2) is 23.3 Å². The van der Waals surface area contributed by atoms with Crippen molar-refractivity contribution in [1.82, 2.24) is 39.9 Å². The van der Waals surface area contributed by atoms with Gasteiger partial charge in [-0.3, -0.25) is 0 Å². The van der Waals surface area contributed by atoms with Gasteiger partial charge in [0, 0.05) is 86.4 Å². The van der Waals surface area contributed by atoms with E-state index in [1.54, 1.807) is 0 Å². The molecule has 0 unspecified atom stereocenters. The van der Waals surface area contributed by atoms with E-state index in [4.69, 9.17) is 29.9 Å². The van der Waals surface area contributed by atoms with E-state index in [-0.39, 0.29) is 0 Å². The van der Waals surface area contributed by atoms with E-state index in [0.29, 0.717) is 23.3 Å². The predicted octanol–water partition coefficient (Wildman–Crippen LogP) is 14.7. The molecule has 3 aromatic heterocycles. The molecule has 80 heavy (non-hydrogen) atoms. The van der Waals surface area contributed by atoms with Gasteiger partial charge in [0.1, 0.15) is 22.6 Å². The lowest BCUT2D eigenvalue weighted by Gasteiger charge is -2.35. The summed E-state index contributed by atoms with van der Waals surface area (Å²) in [5.74, 6) is 6.52. The van der Waals surface area contributed by atoms with Crippen LogP contribution in [-0.4, -0.2) is 186 Å². The number of H-pyrrole nitrogens is 2. The zero-order valence-corrected chi connectivity index (χ0v) is 53.4. The molecule has 2 aliphatic rings. The van der Waals surface area contributed by atoms with Crippen LogP contribution in [0.25, 0.3) is 89.7 Å². The number of hydrogen-bond acceptors (Lipinski definition) is 10. The number of quaternary nitrogens is 4. The molecule has 0 saturated heterocycles. The first-order valence-electron chi connectivity index (χ1n) is 30.2. The highest BCUT2D eigenvalue weighted by Gasteiger charge is 2.30. The average Bonchev–Trinajstić information content (AvgIpc) is 4.26. The molecule has 0 fully saturated rings. The fourth-order valence-electron chi connectivity index (χ4n) is 12.3. The summed E-state index contributed by atoms with van der Waals surface area (Å²) in [6.45, 7) is 45.7. The smallest absolute Gasteiger partial charge is 0.165 e. The van der Waals surface area contributed by atoms with E-state index in [2.05, 4.69) is 166 Å². The molecule has 7 aromatic rings. The Labute approximate surface area is 494 Å². The van der Waals surface area contributed by atoms with Crippen LogP contribution < -0.4 is 0 Å². The van der Waals surface area contributed by atoms with Gasteiger partial charge < -0.3 is 27.9 Å². The second-order valence-electron chi connectivity index (χ2n) is 21.8. The minimum atomic E-state index is 0.641. The molecule has 0 saturated carbocycles. The maximum Gasteiger partial charge on any atom is 0.165 e. The minimum absolute atomic E-state index is 0.641. The summed E-state index contributed by atoms with van der Waals surface area (Å²) in [6.07, 6.45) is 0. The van der Waals surface area contributed by atoms with Gasteiger partial charge in [0.25, 0.3) is 0 Å². The molecule has 2 aliphatic heterocycles. The van der Waals surface area contributed by atoms with Crippen molar-refractivity contribution >= 4 is 91.2 Å². The molecule has 9 rings (SSSR count). The highest BCUT2D eigenvalue weighted by atomic mass is 32.2. The molecule has 426 valence electrons. The summed E-state index contributed by atoms with van der Waals surface area (Å²) < 4.78 is 4.36. The van der Waals surface area contributed by atoms with Crippen LogP contribution in [0, 0.1) is 0 Å². The predicted molar refractivity (Wildman–Crippen MR) is 346 cm³/mol. The van der Waals surface area contributed by atoms with E-state index in [0.717, 1.165) is 212 Å². The minimum Gasteiger partial charge on any atom is -0.324 e. The van der Waals surface area contributed by atoms with Crippen LogP contribution in [0.1, 0.15) is 83.1 Å². The molecule has 8 bridgehead atoms. The molecular weight excluding hydrogens is 1070 g/mol. The van der Waals surface area contributed by atoms with Gasteiger partial charge in [-0.15, -0.1) is 47.0 Å². The van der Waals surface area contributed by atoms with Gasteiger partial charge in [0.05, 0.1) is 105 Å². The first-order chi connectivity index (χ1) is 38.9. The number of benzene rings is 4. The van der Waals surface area contributed by atoms with Crippen LogP contribution >= 0.6 is 47.0 Å². The van der Waals surface area contributed by atoms with Crippen molar-refractivity contribution in [2.24, 2.45) is 0 Å². The van der Waals surface area contributed by atoms with Gasteiger partial charge in [-0.2, -0.15) is 0 Å². The largest absolute Gasteiger partial charge is 0.324 e. The summed E-state index contributed by atoms with van der Waals surface area (Å²) in [4.78, 5) is 45.9. The maximum absolute atomic E-state index is 5.64. The van der Waals surface area contributed by atoms with Crippen molar-refractivity contribution in [2.75, 3.05) is 128 Å². The molecule has 16 heteroatoms. The van der Waals surface area contributed by atoms with E-state index in [9.17, 15) is 0 Å². The molecule has 0 atom stereocenters. The summed E-state index contributed by atoms with van der Waals surface area (Å²) in [6, 6.07) is 26.5.